The first kappa shape index (κ1) is 10.9. The van der Waals surface area contributed by atoms with Gasteiger partial charge in [-0.05, 0) is 14.1 Å². The first-order chi connectivity index (χ1) is 6.59. The van der Waals surface area contributed by atoms with Gasteiger partial charge in [-0.25, -0.2) is 9.78 Å². The molecule has 6 heteroatoms. The van der Waals surface area contributed by atoms with Crippen LogP contribution in [0.15, 0.2) is 5.38 Å². The van der Waals surface area contributed by atoms with Crippen LogP contribution in [0.2, 0.25) is 0 Å². The fourth-order valence-electron chi connectivity index (χ4n) is 0.840. The Morgan fingerprint density at radius 2 is 2.43 bits per heavy atom. The molecular formula is C8H13N3O2S. The quantitative estimate of drug-likeness (QED) is 0.761. The molecule has 0 radical (unpaired) electrons. The van der Waals surface area contributed by atoms with E-state index >= 15 is 0 Å². The van der Waals surface area contributed by atoms with Gasteiger partial charge in [0.25, 0.3) is 0 Å². The number of aromatic carboxylic acids is 1. The average molecular weight is 215 g/mol. The molecule has 78 valence electrons. The van der Waals surface area contributed by atoms with Gasteiger partial charge in [0.15, 0.2) is 10.8 Å². The van der Waals surface area contributed by atoms with Gasteiger partial charge in [0.2, 0.25) is 0 Å². The Labute approximate surface area is 86.4 Å². The van der Waals surface area contributed by atoms with Crippen molar-refractivity contribution in [2.75, 3.05) is 32.5 Å². The minimum Gasteiger partial charge on any atom is -0.476 e. The predicted octanol–water partition coefficient (Wildman–Crippen LogP) is 0.815. The van der Waals surface area contributed by atoms with Crippen molar-refractivity contribution >= 4 is 22.4 Å². The summed E-state index contributed by atoms with van der Waals surface area (Å²) in [5, 5.41) is 13.9. The number of rotatable bonds is 5. The zero-order valence-electron chi connectivity index (χ0n) is 8.15. The van der Waals surface area contributed by atoms with E-state index in [4.69, 9.17) is 5.11 Å². The SMILES string of the molecule is CN(C)CCNc1nc(C(=O)O)cs1. The number of hydrogen-bond acceptors (Lipinski definition) is 5. The Balaban J connectivity index is 2.40. The van der Waals surface area contributed by atoms with E-state index in [1.165, 1.54) is 16.7 Å². The molecule has 1 aromatic rings. The molecule has 0 aromatic carbocycles. The lowest BCUT2D eigenvalue weighted by atomic mass is 10.5. The molecule has 1 heterocycles. The Hall–Kier alpha value is -1.14. The zero-order valence-corrected chi connectivity index (χ0v) is 8.97. The number of carbonyl (C=O) groups is 1. The maximum atomic E-state index is 10.5. The fraction of sp³-hybridized carbons (Fsp3) is 0.500. The van der Waals surface area contributed by atoms with E-state index in [1.54, 1.807) is 0 Å². The number of thiazole rings is 1. The maximum absolute atomic E-state index is 10.5. The predicted molar refractivity (Wildman–Crippen MR) is 56.1 cm³/mol. The molecule has 2 N–H and O–H groups in total. The van der Waals surface area contributed by atoms with Crippen LogP contribution in [0.25, 0.3) is 0 Å². The van der Waals surface area contributed by atoms with Crippen LogP contribution in [-0.2, 0) is 0 Å². The van der Waals surface area contributed by atoms with E-state index in [-0.39, 0.29) is 5.69 Å². The van der Waals surface area contributed by atoms with Gasteiger partial charge in [0.1, 0.15) is 0 Å². The Morgan fingerprint density at radius 1 is 1.71 bits per heavy atom. The molecule has 0 spiro atoms. The van der Waals surface area contributed by atoms with Crippen LogP contribution < -0.4 is 5.32 Å². The summed E-state index contributed by atoms with van der Waals surface area (Å²) in [6.07, 6.45) is 0. The van der Waals surface area contributed by atoms with Crippen LogP contribution in [0.1, 0.15) is 10.5 Å². The highest BCUT2D eigenvalue weighted by molar-refractivity contribution is 7.13. The highest BCUT2D eigenvalue weighted by Crippen LogP contribution is 2.14. The van der Waals surface area contributed by atoms with Crippen molar-refractivity contribution < 1.29 is 9.90 Å². The average Bonchev–Trinajstić information content (AvgIpc) is 2.52. The molecule has 0 atom stereocenters. The van der Waals surface area contributed by atoms with Crippen LogP contribution >= 0.6 is 11.3 Å². The third-order valence-electron chi connectivity index (χ3n) is 1.56. The first-order valence-corrected chi connectivity index (χ1v) is 5.05. The second-order valence-electron chi connectivity index (χ2n) is 3.07. The molecule has 1 rings (SSSR count). The molecule has 0 bridgehead atoms. The van der Waals surface area contributed by atoms with Crippen molar-refractivity contribution in [1.29, 1.82) is 0 Å². The molecule has 0 saturated heterocycles. The van der Waals surface area contributed by atoms with Crippen molar-refractivity contribution in [2.45, 2.75) is 0 Å². The van der Waals surface area contributed by atoms with Crippen LogP contribution in [0, 0.1) is 0 Å². The lowest BCUT2D eigenvalue weighted by Crippen LogP contribution is -2.20. The Bertz CT molecular complexity index is 311. The topological polar surface area (TPSA) is 65.5 Å². The molecule has 5 nitrogen and oxygen atoms in total. The second-order valence-corrected chi connectivity index (χ2v) is 3.93. The molecule has 14 heavy (non-hydrogen) atoms. The van der Waals surface area contributed by atoms with Crippen LogP contribution in [0.5, 0.6) is 0 Å². The van der Waals surface area contributed by atoms with Gasteiger partial charge in [-0.2, -0.15) is 0 Å². The molecule has 0 aliphatic rings. The van der Waals surface area contributed by atoms with Crippen LogP contribution in [-0.4, -0.2) is 48.1 Å². The van der Waals surface area contributed by atoms with E-state index < -0.39 is 5.97 Å². The number of likely N-dealkylation sites (N-methyl/N-ethyl adjacent to an activating group) is 1. The summed E-state index contributed by atoms with van der Waals surface area (Å²) in [6, 6.07) is 0. The number of hydrogen-bond donors (Lipinski definition) is 2. The lowest BCUT2D eigenvalue weighted by molar-refractivity contribution is 0.0691. The lowest BCUT2D eigenvalue weighted by Gasteiger charge is -2.08. The molecule has 1 aromatic heterocycles. The highest BCUT2D eigenvalue weighted by Gasteiger charge is 2.07. The van der Waals surface area contributed by atoms with Crippen molar-refractivity contribution in [2.24, 2.45) is 0 Å². The first-order valence-electron chi connectivity index (χ1n) is 4.17. The number of aromatic nitrogens is 1. The molecule has 0 saturated carbocycles. The van der Waals surface area contributed by atoms with Crippen molar-refractivity contribution in [3.8, 4) is 0 Å². The number of nitrogens with one attached hydrogen (secondary N) is 1. The van der Waals surface area contributed by atoms with Gasteiger partial charge >= 0.3 is 5.97 Å². The molecule has 0 unspecified atom stereocenters. The van der Waals surface area contributed by atoms with E-state index in [2.05, 4.69) is 10.3 Å². The van der Waals surface area contributed by atoms with E-state index in [0.717, 1.165) is 13.1 Å². The maximum Gasteiger partial charge on any atom is 0.355 e. The third kappa shape index (κ3) is 3.31. The smallest absolute Gasteiger partial charge is 0.355 e. The normalized spacial score (nSPS) is 10.5. The van der Waals surface area contributed by atoms with Gasteiger partial charge in [-0.1, -0.05) is 0 Å². The molecule has 0 aliphatic carbocycles. The Morgan fingerprint density at radius 3 is 2.93 bits per heavy atom. The largest absolute Gasteiger partial charge is 0.476 e. The minimum atomic E-state index is -0.984. The molecule has 0 aliphatic heterocycles. The summed E-state index contributed by atoms with van der Waals surface area (Å²) < 4.78 is 0. The fourth-order valence-corrected chi connectivity index (χ4v) is 1.55. The summed E-state index contributed by atoms with van der Waals surface area (Å²) >= 11 is 1.31. The van der Waals surface area contributed by atoms with E-state index in [1.807, 2.05) is 19.0 Å². The molecular weight excluding hydrogens is 202 g/mol. The summed E-state index contributed by atoms with van der Waals surface area (Å²) in [5.41, 5.74) is 0.0994. The monoisotopic (exact) mass is 215 g/mol. The highest BCUT2D eigenvalue weighted by atomic mass is 32.1. The standard InChI is InChI=1S/C8H13N3O2S/c1-11(2)4-3-9-8-10-6(5-14-8)7(12)13/h5H,3-4H2,1-2H3,(H,9,10)(H,12,13). The van der Waals surface area contributed by atoms with E-state index in [0.29, 0.717) is 5.13 Å². The van der Waals surface area contributed by atoms with Crippen LogP contribution in [0.3, 0.4) is 0 Å². The Kier molecular flexibility index (Phi) is 3.84. The van der Waals surface area contributed by atoms with Gasteiger partial charge in [-0.3, -0.25) is 0 Å². The molecule has 0 fully saturated rings. The second kappa shape index (κ2) is 4.92. The number of anilines is 1. The van der Waals surface area contributed by atoms with Crippen molar-refractivity contribution in [3.05, 3.63) is 11.1 Å². The molecule has 0 amide bonds. The van der Waals surface area contributed by atoms with Crippen molar-refractivity contribution in [1.82, 2.24) is 9.88 Å². The van der Waals surface area contributed by atoms with Gasteiger partial charge in [0.05, 0.1) is 0 Å². The number of nitrogens with zero attached hydrogens (tertiary/aromatic N) is 2. The van der Waals surface area contributed by atoms with E-state index in [9.17, 15) is 4.79 Å². The summed E-state index contributed by atoms with van der Waals surface area (Å²) in [6.45, 7) is 1.65. The summed E-state index contributed by atoms with van der Waals surface area (Å²) in [5.74, 6) is -0.984. The number of carboxylic acids is 1. The summed E-state index contributed by atoms with van der Waals surface area (Å²) in [7, 11) is 3.96. The van der Waals surface area contributed by atoms with Gasteiger partial charge < -0.3 is 15.3 Å². The number of carboxylic acid groups (broad SMARTS) is 1. The van der Waals surface area contributed by atoms with Gasteiger partial charge in [0, 0.05) is 18.5 Å². The minimum absolute atomic E-state index is 0.0994. The zero-order chi connectivity index (χ0) is 10.6. The van der Waals surface area contributed by atoms with Crippen LogP contribution in [0.4, 0.5) is 5.13 Å². The third-order valence-corrected chi connectivity index (χ3v) is 2.36. The van der Waals surface area contributed by atoms with Crippen molar-refractivity contribution in [3.63, 3.8) is 0 Å². The van der Waals surface area contributed by atoms with Gasteiger partial charge in [-0.15, -0.1) is 11.3 Å². The summed E-state index contributed by atoms with van der Waals surface area (Å²) in [4.78, 5) is 16.4.